The van der Waals surface area contributed by atoms with Crippen LogP contribution in [0.25, 0.3) is 0 Å². The Labute approximate surface area is 172 Å². The summed E-state index contributed by atoms with van der Waals surface area (Å²) in [6.45, 7) is 6.77. The van der Waals surface area contributed by atoms with Crippen LogP contribution in [0, 0.1) is 13.8 Å². The fraction of sp³-hybridized carbons (Fsp3) is 0.409. The average Bonchev–Trinajstić information content (AvgIpc) is 2.75. The third-order valence-electron chi connectivity index (χ3n) is 5.43. The van der Waals surface area contributed by atoms with E-state index in [1.807, 2.05) is 49.1 Å². The summed E-state index contributed by atoms with van der Waals surface area (Å²) in [5, 5.41) is 3.04. The summed E-state index contributed by atoms with van der Waals surface area (Å²) in [6, 6.07) is 9.75. The van der Waals surface area contributed by atoms with Gasteiger partial charge in [-0.05, 0) is 31.0 Å². The van der Waals surface area contributed by atoms with Gasteiger partial charge in [-0.2, -0.15) is 0 Å². The minimum Gasteiger partial charge on any atom is -0.493 e. The van der Waals surface area contributed by atoms with Gasteiger partial charge in [-0.1, -0.05) is 12.1 Å². The zero-order valence-electron chi connectivity index (χ0n) is 17.7. The van der Waals surface area contributed by atoms with Gasteiger partial charge in [-0.3, -0.25) is 0 Å². The van der Waals surface area contributed by atoms with Gasteiger partial charge in [0, 0.05) is 49.7 Å². The summed E-state index contributed by atoms with van der Waals surface area (Å²) in [4.78, 5) is 16.8. The molecule has 0 aromatic heterocycles. The summed E-state index contributed by atoms with van der Waals surface area (Å²) >= 11 is 0. The van der Waals surface area contributed by atoms with E-state index in [4.69, 9.17) is 14.2 Å². The van der Waals surface area contributed by atoms with E-state index in [-0.39, 0.29) is 6.03 Å². The molecule has 0 unspecified atom stereocenters. The molecular weight excluding hydrogens is 370 g/mol. The summed E-state index contributed by atoms with van der Waals surface area (Å²) < 4.78 is 16.3. The molecule has 0 saturated carbocycles. The lowest BCUT2D eigenvalue weighted by Gasteiger charge is -2.36. The van der Waals surface area contributed by atoms with Crippen molar-refractivity contribution in [1.29, 1.82) is 0 Å². The van der Waals surface area contributed by atoms with Crippen molar-refractivity contribution in [3.63, 3.8) is 0 Å². The molecule has 1 saturated heterocycles. The molecule has 156 valence electrons. The fourth-order valence-electron chi connectivity index (χ4n) is 3.50. The number of rotatable bonds is 5. The van der Waals surface area contributed by atoms with E-state index in [0.29, 0.717) is 30.3 Å². The molecule has 1 aliphatic heterocycles. The third kappa shape index (κ3) is 4.34. The smallest absolute Gasteiger partial charge is 0.321 e. The van der Waals surface area contributed by atoms with E-state index in [1.54, 1.807) is 21.3 Å². The molecular formula is C22H29N3O4. The van der Waals surface area contributed by atoms with E-state index in [0.717, 1.165) is 35.6 Å². The molecule has 0 aliphatic carbocycles. The second kappa shape index (κ2) is 8.94. The van der Waals surface area contributed by atoms with Crippen LogP contribution in [0.15, 0.2) is 30.3 Å². The summed E-state index contributed by atoms with van der Waals surface area (Å²) in [7, 11) is 4.81. The number of hydrogen-bond acceptors (Lipinski definition) is 5. The topological polar surface area (TPSA) is 63.3 Å². The molecule has 2 amide bonds. The summed E-state index contributed by atoms with van der Waals surface area (Å²) in [6.07, 6.45) is 0. The highest BCUT2D eigenvalue weighted by Crippen LogP contribution is 2.41. The number of nitrogens with one attached hydrogen (secondary N) is 1. The van der Waals surface area contributed by atoms with Crippen LogP contribution in [0.1, 0.15) is 11.1 Å². The van der Waals surface area contributed by atoms with E-state index in [9.17, 15) is 4.79 Å². The third-order valence-corrected chi connectivity index (χ3v) is 5.43. The Morgan fingerprint density at radius 3 is 2.10 bits per heavy atom. The Bertz CT molecular complexity index is 851. The monoisotopic (exact) mass is 399 g/mol. The second-order valence-electron chi connectivity index (χ2n) is 7.04. The number of benzene rings is 2. The van der Waals surface area contributed by atoms with Crippen molar-refractivity contribution in [2.24, 2.45) is 0 Å². The maximum Gasteiger partial charge on any atom is 0.321 e. The number of piperazine rings is 1. The van der Waals surface area contributed by atoms with Crippen molar-refractivity contribution < 1.29 is 19.0 Å². The molecule has 0 spiro atoms. The van der Waals surface area contributed by atoms with Gasteiger partial charge in [0.15, 0.2) is 11.5 Å². The van der Waals surface area contributed by atoms with Crippen LogP contribution < -0.4 is 24.4 Å². The molecule has 0 radical (unpaired) electrons. The van der Waals surface area contributed by atoms with Crippen LogP contribution in [0.2, 0.25) is 0 Å². The van der Waals surface area contributed by atoms with E-state index >= 15 is 0 Å². The lowest BCUT2D eigenvalue weighted by atomic mass is 10.1. The van der Waals surface area contributed by atoms with Crippen molar-refractivity contribution in [1.82, 2.24) is 4.90 Å². The molecule has 7 heteroatoms. The van der Waals surface area contributed by atoms with Crippen LogP contribution in [0.4, 0.5) is 16.2 Å². The van der Waals surface area contributed by atoms with Crippen LogP contribution in [0.5, 0.6) is 17.2 Å². The molecule has 0 atom stereocenters. The standard InChI is InChI=1S/C22H29N3O4/c1-15-7-6-8-18(16(15)2)23-22(26)25-11-9-24(10-12-25)17-13-19(27-3)21(29-5)20(14-17)28-4/h6-8,13-14H,9-12H2,1-5H3,(H,23,26). The number of carbonyl (C=O) groups is 1. The van der Waals surface area contributed by atoms with Gasteiger partial charge in [0.2, 0.25) is 5.75 Å². The molecule has 0 bridgehead atoms. The highest BCUT2D eigenvalue weighted by Gasteiger charge is 2.24. The number of urea groups is 1. The zero-order valence-corrected chi connectivity index (χ0v) is 17.7. The van der Waals surface area contributed by atoms with Crippen LogP contribution in [-0.2, 0) is 0 Å². The molecule has 1 N–H and O–H groups in total. The first-order valence-corrected chi connectivity index (χ1v) is 9.65. The zero-order chi connectivity index (χ0) is 21.0. The highest BCUT2D eigenvalue weighted by molar-refractivity contribution is 5.90. The predicted octanol–water partition coefficient (Wildman–Crippen LogP) is 3.68. The maximum atomic E-state index is 12.7. The Morgan fingerprint density at radius 2 is 1.55 bits per heavy atom. The second-order valence-corrected chi connectivity index (χ2v) is 7.04. The summed E-state index contributed by atoms with van der Waals surface area (Å²) in [5.74, 6) is 1.82. The van der Waals surface area contributed by atoms with Crippen LogP contribution in [-0.4, -0.2) is 58.4 Å². The number of amides is 2. The SMILES string of the molecule is COc1cc(N2CCN(C(=O)Nc3cccc(C)c3C)CC2)cc(OC)c1OC. The first-order valence-electron chi connectivity index (χ1n) is 9.65. The lowest BCUT2D eigenvalue weighted by molar-refractivity contribution is 0.208. The highest BCUT2D eigenvalue weighted by atomic mass is 16.5. The Hall–Kier alpha value is -3.09. The Kier molecular flexibility index (Phi) is 6.36. The molecule has 2 aromatic carbocycles. The minimum atomic E-state index is -0.0664. The van der Waals surface area contributed by atoms with Gasteiger partial charge in [0.25, 0.3) is 0 Å². The largest absolute Gasteiger partial charge is 0.493 e. The number of methoxy groups -OCH3 is 3. The van der Waals surface area contributed by atoms with Crippen molar-refractivity contribution >= 4 is 17.4 Å². The molecule has 1 aliphatic rings. The average molecular weight is 399 g/mol. The first-order chi connectivity index (χ1) is 14.0. The number of ether oxygens (including phenoxy) is 3. The molecule has 2 aromatic rings. The van der Waals surface area contributed by atoms with Gasteiger partial charge in [-0.15, -0.1) is 0 Å². The number of aryl methyl sites for hydroxylation is 1. The quantitative estimate of drug-likeness (QED) is 0.831. The molecule has 29 heavy (non-hydrogen) atoms. The molecule has 3 rings (SSSR count). The van der Waals surface area contributed by atoms with Gasteiger partial charge < -0.3 is 29.3 Å². The Morgan fingerprint density at radius 1 is 0.931 bits per heavy atom. The number of carbonyl (C=O) groups excluding carboxylic acids is 1. The van der Waals surface area contributed by atoms with Crippen LogP contribution >= 0.6 is 0 Å². The Balaban J connectivity index is 1.67. The van der Waals surface area contributed by atoms with Crippen molar-refractivity contribution in [2.45, 2.75) is 13.8 Å². The van der Waals surface area contributed by atoms with Gasteiger partial charge >= 0.3 is 6.03 Å². The van der Waals surface area contributed by atoms with Crippen molar-refractivity contribution in [2.75, 3.05) is 57.7 Å². The molecule has 7 nitrogen and oxygen atoms in total. The van der Waals surface area contributed by atoms with Crippen molar-refractivity contribution in [3.8, 4) is 17.2 Å². The minimum absolute atomic E-state index is 0.0664. The van der Waals surface area contributed by atoms with Crippen molar-refractivity contribution in [3.05, 3.63) is 41.5 Å². The molecule has 1 fully saturated rings. The summed E-state index contributed by atoms with van der Waals surface area (Å²) in [5.41, 5.74) is 4.10. The number of anilines is 2. The maximum absolute atomic E-state index is 12.7. The van der Waals surface area contributed by atoms with E-state index < -0.39 is 0 Å². The van der Waals surface area contributed by atoms with E-state index in [2.05, 4.69) is 10.2 Å². The fourth-order valence-corrected chi connectivity index (χ4v) is 3.50. The van der Waals surface area contributed by atoms with E-state index in [1.165, 1.54) is 0 Å². The van der Waals surface area contributed by atoms with Crippen LogP contribution in [0.3, 0.4) is 0 Å². The van der Waals surface area contributed by atoms with Gasteiger partial charge in [-0.25, -0.2) is 4.79 Å². The molecule has 1 heterocycles. The lowest BCUT2D eigenvalue weighted by Crippen LogP contribution is -2.50. The number of nitrogens with zero attached hydrogens (tertiary/aromatic N) is 2. The predicted molar refractivity (Wildman–Crippen MR) is 115 cm³/mol. The van der Waals surface area contributed by atoms with Gasteiger partial charge in [0.1, 0.15) is 0 Å². The normalized spacial score (nSPS) is 13.8. The van der Waals surface area contributed by atoms with Gasteiger partial charge in [0.05, 0.1) is 21.3 Å². The first kappa shape index (κ1) is 20.6. The number of hydrogen-bond donors (Lipinski definition) is 1.